The second kappa shape index (κ2) is 9.84. The summed E-state index contributed by atoms with van der Waals surface area (Å²) in [5.74, 6) is 0.242. The second-order valence-electron chi connectivity index (χ2n) is 10.8. The molecule has 2 aromatic rings. The first-order valence-electron chi connectivity index (χ1n) is 12.2. The van der Waals surface area contributed by atoms with Crippen LogP contribution in [0.1, 0.15) is 58.4 Å². The zero-order valence-corrected chi connectivity index (χ0v) is 20.0. The Morgan fingerprint density at radius 3 is 2.36 bits per heavy atom. The maximum atomic E-state index is 15.3. The van der Waals surface area contributed by atoms with Crippen molar-refractivity contribution < 1.29 is 19.0 Å². The molecule has 2 fully saturated rings. The second-order valence-corrected chi connectivity index (χ2v) is 10.8. The summed E-state index contributed by atoms with van der Waals surface area (Å²) in [4.78, 5) is 13.2. The van der Waals surface area contributed by atoms with Gasteiger partial charge in [-0.3, -0.25) is 9.69 Å². The van der Waals surface area contributed by atoms with Crippen LogP contribution in [0.25, 0.3) is 11.1 Å². The number of carboxylic acid groups (broad SMARTS) is 1. The Kier molecular flexibility index (Phi) is 7.08. The highest BCUT2D eigenvalue weighted by atomic mass is 19.1. The smallest absolute Gasteiger partial charge is 0.307 e. The van der Waals surface area contributed by atoms with Crippen LogP contribution in [-0.4, -0.2) is 35.2 Å². The van der Waals surface area contributed by atoms with E-state index in [9.17, 15) is 9.90 Å². The van der Waals surface area contributed by atoms with Gasteiger partial charge in [0.2, 0.25) is 0 Å². The van der Waals surface area contributed by atoms with Gasteiger partial charge in [0.05, 0.1) is 12.0 Å². The van der Waals surface area contributed by atoms with E-state index in [1.807, 2.05) is 35.2 Å². The molecule has 5 heteroatoms. The molecule has 4 nitrogen and oxygen atoms in total. The molecule has 33 heavy (non-hydrogen) atoms. The van der Waals surface area contributed by atoms with Crippen LogP contribution in [0.3, 0.4) is 0 Å². The van der Waals surface area contributed by atoms with Crippen LogP contribution < -0.4 is 4.74 Å². The van der Waals surface area contributed by atoms with E-state index in [-0.39, 0.29) is 17.8 Å². The summed E-state index contributed by atoms with van der Waals surface area (Å²) in [6, 6.07) is 13.2. The number of nitrogens with zero attached hydrogens (tertiary/aromatic N) is 1. The maximum Gasteiger partial charge on any atom is 0.307 e. The van der Waals surface area contributed by atoms with Crippen molar-refractivity contribution in [3.8, 4) is 16.9 Å². The molecular weight excluding hydrogens is 417 g/mol. The lowest BCUT2D eigenvalue weighted by Crippen LogP contribution is -2.30. The van der Waals surface area contributed by atoms with E-state index in [1.54, 1.807) is 12.1 Å². The van der Waals surface area contributed by atoms with Crippen molar-refractivity contribution >= 4 is 5.97 Å². The van der Waals surface area contributed by atoms with Gasteiger partial charge in [0.1, 0.15) is 11.6 Å². The van der Waals surface area contributed by atoms with Gasteiger partial charge in [0.25, 0.3) is 0 Å². The molecule has 0 bridgehead atoms. The summed E-state index contributed by atoms with van der Waals surface area (Å²) in [6.07, 6.45) is 5.45. The lowest BCUT2D eigenvalue weighted by molar-refractivity contribution is -0.141. The molecule has 1 unspecified atom stereocenters. The van der Waals surface area contributed by atoms with E-state index >= 15 is 4.39 Å². The van der Waals surface area contributed by atoms with Crippen molar-refractivity contribution in [2.45, 2.75) is 65.5 Å². The zero-order valence-electron chi connectivity index (χ0n) is 20.0. The predicted octanol–water partition coefficient (Wildman–Crippen LogP) is 6.38. The topological polar surface area (TPSA) is 49.8 Å². The normalized spacial score (nSPS) is 24.1. The van der Waals surface area contributed by atoms with Crippen LogP contribution in [0, 0.1) is 23.1 Å². The highest BCUT2D eigenvalue weighted by Gasteiger charge is 2.31. The number of benzene rings is 2. The van der Waals surface area contributed by atoms with Crippen LogP contribution >= 0.6 is 0 Å². The summed E-state index contributed by atoms with van der Waals surface area (Å²) in [6.45, 7) is 8.56. The standard InChI is InChI=1S/C28H36FNO3/c1-28(2,3)22-9-13-24(14-10-22)33-23-11-7-19(8-12-23)25-6-4-5-20(26(25)29)17-30-16-15-21(18-30)27(31)32/h4-8,11-12,21-22,24H,9-10,13-18H2,1-3H3,(H,31,32)/t21?,22-,24-. The number of carboxylic acids is 1. The molecule has 1 saturated heterocycles. The third kappa shape index (κ3) is 5.75. The highest BCUT2D eigenvalue weighted by Crippen LogP contribution is 2.39. The van der Waals surface area contributed by atoms with Crippen LogP contribution in [0.5, 0.6) is 5.75 Å². The lowest BCUT2D eigenvalue weighted by atomic mass is 9.72. The van der Waals surface area contributed by atoms with Gasteiger partial charge in [-0.25, -0.2) is 4.39 Å². The molecule has 4 rings (SSSR count). The minimum Gasteiger partial charge on any atom is -0.490 e. The fraction of sp³-hybridized carbons (Fsp3) is 0.536. The Labute approximate surface area is 196 Å². The highest BCUT2D eigenvalue weighted by molar-refractivity contribution is 5.70. The molecule has 1 heterocycles. The molecule has 0 spiro atoms. The molecule has 1 atom stereocenters. The summed E-state index contributed by atoms with van der Waals surface area (Å²) in [5, 5.41) is 9.20. The van der Waals surface area contributed by atoms with Gasteiger partial charge in [-0.15, -0.1) is 0 Å². The van der Waals surface area contributed by atoms with Crippen LogP contribution in [0.2, 0.25) is 0 Å². The first kappa shape index (κ1) is 23.7. The minimum atomic E-state index is -0.767. The van der Waals surface area contributed by atoms with E-state index in [4.69, 9.17) is 4.74 Å². The van der Waals surface area contributed by atoms with E-state index < -0.39 is 5.97 Å². The molecule has 1 aliphatic carbocycles. The number of aliphatic carboxylic acids is 1. The molecule has 2 aliphatic rings. The number of hydrogen-bond acceptors (Lipinski definition) is 3. The van der Waals surface area contributed by atoms with Gasteiger partial charge >= 0.3 is 5.97 Å². The first-order chi connectivity index (χ1) is 15.7. The third-order valence-electron chi connectivity index (χ3n) is 7.46. The number of carbonyl (C=O) groups is 1. The van der Waals surface area contributed by atoms with Crippen LogP contribution in [0.15, 0.2) is 42.5 Å². The van der Waals surface area contributed by atoms with E-state index in [1.165, 1.54) is 12.8 Å². The van der Waals surface area contributed by atoms with E-state index in [0.717, 1.165) is 30.1 Å². The predicted molar refractivity (Wildman–Crippen MR) is 129 cm³/mol. The van der Waals surface area contributed by atoms with E-state index in [0.29, 0.717) is 42.6 Å². The van der Waals surface area contributed by atoms with Gasteiger partial charge < -0.3 is 9.84 Å². The Bertz CT molecular complexity index is 958. The van der Waals surface area contributed by atoms with Crippen molar-refractivity contribution in [3.05, 3.63) is 53.8 Å². The molecule has 0 radical (unpaired) electrons. The molecule has 1 aliphatic heterocycles. The van der Waals surface area contributed by atoms with Crippen molar-refractivity contribution in [3.63, 3.8) is 0 Å². The van der Waals surface area contributed by atoms with Gasteiger partial charge in [0, 0.05) is 24.2 Å². The van der Waals surface area contributed by atoms with Crippen molar-refractivity contribution in [2.75, 3.05) is 13.1 Å². The first-order valence-corrected chi connectivity index (χ1v) is 12.2. The number of halogens is 1. The fourth-order valence-corrected chi connectivity index (χ4v) is 5.30. The van der Waals surface area contributed by atoms with Crippen molar-refractivity contribution in [1.29, 1.82) is 0 Å². The summed E-state index contributed by atoms with van der Waals surface area (Å²) >= 11 is 0. The van der Waals surface area contributed by atoms with Gasteiger partial charge in [-0.2, -0.15) is 0 Å². The molecule has 0 aromatic heterocycles. The SMILES string of the molecule is CC(C)(C)[C@H]1CC[C@H](Oc2ccc(-c3cccc(CN4CCC(C(=O)O)C4)c3F)cc2)CC1. The van der Waals surface area contributed by atoms with Crippen LogP contribution in [0.4, 0.5) is 4.39 Å². The molecule has 2 aromatic carbocycles. The maximum absolute atomic E-state index is 15.3. The monoisotopic (exact) mass is 453 g/mol. The zero-order chi connectivity index (χ0) is 23.6. The Hall–Kier alpha value is -2.40. The number of ether oxygens (including phenoxy) is 1. The molecule has 1 N–H and O–H groups in total. The van der Waals surface area contributed by atoms with Gasteiger partial charge in [-0.05, 0) is 67.7 Å². The Morgan fingerprint density at radius 1 is 1.06 bits per heavy atom. The number of likely N-dealkylation sites (tertiary alicyclic amines) is 1. The fourth-order valence-electron chi connectivity index (χ4n) is 5.30. The van der Waals surface area contributed by atoms with Crippen molar-refractivity contribution in [2.24, 2.45) is 17.3 Å². The summed E-state index contributed by atoms with van der Waals surface area (Å²) in [7, 11) is 0. The summed E-state index contributed by atoms with van der Waals surface area (Å²) in [5.41, 5.74) is 2.36. The number of hydrogen-bond donors (Lipinski definition) is 1. The van der Waals surface area contributed by atoms with Crippen LogP contribution in [-0.2, 0) is 11.3 Å². The molecule has 178 valence electrons. The largest absolute Gasteiger partial charge is 0.490 e. The minimum absolute atomic E-state index is 0.231. The average molecular weight is 454 g/mol. The van der Waals surface area contributed by atoms with E-state index in [2.05, 4.69) is 20.8 Å². The quantitative estimate of drug-likeness (QED) is 0.551. The molecular formula is C28H36FNO3. The lowest BCUT2D eigenvalue weighted by Gasteiger charge is -2.36. The Balaban J connectivity index is 1.38. The molecule has 1 saturated carbocycles. The van der Waals surface area contributed by atoms with Gasteiger partial charge in [0.15, 0.2) is 0 Å². The van der Waals surface area contributed by atoms with Gasteiger partial charge in [-0.1, -0.05) is 51.1 Å². The molecule has 0 amide bonds. The Morgan fingerprint density at radius 2 is 1.76 bits per heavy atom. The third-order valence-corrected chi connectivity index (χ3v) is 7.46. The number of rotatable bonds is 6. The average Bonchev–Trinajstić information content (AvgIpc) is 3.25. The van der Waals surface area contributed by atoms with Crippen molar-refractivity contribution in [1.82, 2.24) is 4.90 Å². The summed E-state index contributed by atoms with van der Waals surface area (Å²) < 4.78 is 21.5.